The Balaban J connectivity index is 1.70. The number of carbonyl (C=O) groups is 1. The lowest BCUT2D eigenvalue weighted by atomic mass is 10.2. The van der Waals surface area contributed by atoms with Crippen LogP contribution >= 0.6 is 19.5 Å². The maximum Gasteiger partial charge on any atom is 0.459 e. The lowest BCUT2D eigenvalue weighted by Gasteiger charge is -2.25. The average molecular weight is 542 g/mol. The van der Waals surface area contributed by atoms with Gasteiger partial charge in [0.05, 0.1) is 23.3 Å². The summed E-state index contributed by atoms with van der Waals surface area (Å²) in [4.78, 5) is 32.2. The van der Waals surface area contributed by atoms with Crippen LogP contribution in [-0.2, 0) is 18.6 Å². The largest absolute Gasteiger partial charge is 0.461 e. The Labute approximate surface area is 213 Å². The lowest BCUT2D eigenvalue weighted by molar-refractivity contribution is -0.151. The number of nitrogens with two attached hydrogens (primary N) is 1. The first-order valence-corrected chi connectivity index (χ1v) is 14.1. The van der Waals surface area contributed by atoms with Crippen molar-refractivity contribution in [3.05, 3.63) is 47.1 Å². The molecule has 198 valence electrons. The van der Waals surface area contributed by atoms with Crippen molar-refractivity contribution < 1.29 is 28.3 Å². The van der Waals surface area contributed by atoms with E-state index in [1.165, 1.54) is 29.6 Å². The normalized spacial score (nSPS) is 22.2. The number of benzene rings is 1. The number of aliphatic hydroxyl groups excluding tert-OH is 1. The maximum atomic E-state index is 13.7. The van der Waals surface area contributed by atoms with E-state index >= 15 is 0 Å². The number of aromatic nitrogens is 3. The van der Waals surface area contributed by atoms with Gasteiger partial charge in [-0.05, 0) is 31.9 Å². The number of thioether (sulfide) groups is 1. The molecule has 1 aromatic carbocycles. The van der Waals surface area contributed by atoms with E-state index in [0.717, 1.165) is 0 Å². The van der Waals surface area contributed by atoms with Crippen LogP contribution in [0.2, 0.25) is 0 Å². The molecule has 5 atom stereocenters. The molecule has 2 heterocycles. The molecule has 0 spiro atoms. The van der Waals surface area contributed by atoms with Gasteiger partial charge < -0.3 is 20.1 Å². The molecular formula is C22H32N5O7PS. The van der Waals surface area contributed by atoms with E-state index in [9.17, 15) is 19.3 Å². The molecule has 0 radical (unpaired) electrons. The first-order chi connectivity index (χ1) is 17.1. The van der Waals surface area contributed by atoms with E-state index in [-0.39, 0.29) is 30.8 Å². The number of aliphatic hydroxyl groups is 1. The molecule has 36 heavy (non-hydrogen) atoms. The van der Waals surface area contributed by atoms with E-state index in [1.807, 2.05) is 13.8 Å². The number of carbonyl (C=O) groups excluding carboxylic acids is 1. The fourth-order valence-corrected chi connectivity index (χ4v) is 6.53. The summed E-state index contributed by atoms with van der Waals surface area (Å²) >= 11 is 1.25. The molecule has 0 bridgehead atoms. The number of ether oxygens (including phenoxy) is 1. The summed E-state index contributed by atoms with van der Waals surface area (Å²) in [6.45, 7) is 5.15. The second kappa shape index (κ2) is 12.7. The highest BCUT2D eigenvalue weighted by atomic mass is 32.2. The highest BCUT2D eigenvalue weighted by Crippen LogP contribution is 2.48. The van der Waals surface area contributed by atoms with Crippen molar-refractivity contribution in [1.82, 2.24) is 19.6 Å². The van der Waals surface area contributed by atoms with Gasteiger partial charge in [-0.25, -0.2) is 14.3 Å². The Hall–Kier alpha value is -2.44. The van der Waals surface area contributed by atoms with Crippen LogP contribution in [0.25, 0.3) is 0 Å². The molecule has 1 aliphatic rings. The number of nitrogens with zero attached hydrogens (tertiary/aromatic N) is 3. The minimum absolute atomic E-state index is 0.137. The fraction of sp³-hybridized carbons (Fsp3) is 0.545. The molecule has 14 heteroatoms. The molecule has 2 aromatic rings. The second-order valence-electron chi connectivity index (χ2n) is 8.26. The Kier molecular flexibility index (Phi) is 9.92. The Morgan fingerprint density at radius 3 is 2.67 bits per heavy atom. The third-order valence-electron chi connectivity index (χ3n) is 5.54. The summed E-state index contributed by atoms with van der Waals surface area (Å²) in [6, 6.07) is 7.41. The van der Waals surface area contributed by atoms with Crippen molar-refractivity contribution in [2.75, 3.05) is 12.3 Å². The van der Waals surface area contributed by atoms with E-state index in [1.54, 1.807) is 30.3 Å². The molecule has 0 aliphatic carbocycles. The SMILES string of the molecule is CCC(CC)OC(=O)[C@H](C)N[P@](=O)(OC[C@H]1S[C@@H](n2cnc(N)nc2=O)C[C@H]1O)Oc1ccccc1. The molecule has 1 saturated heterocycles. The number of nitrogens with one attached hydrogen (secondary N) is 1. The summed E-state index contributed by atoms with van der Waals surface area (Å²) in [5, 5.41) is 12.2. The Morgan fingerprint density at radius 1 is 1.33 bits per heavy atom. The van der Waals surface area contributed by atoms with Crippen LogP contribution in [-0.4, -0.2) is 55.7 Å². The molecule has 1 aliphatic heterocycles. The Morgan fingerprint density at radius 2 is 2.03 bits per heavy atom. The number of anilines is 1. The predicted octanol–water partition coefficient (Wildman–Crippen LogP) is 2.50. The van der Waals surface area contributed by atoms with E-state index in [0.29, 0.717) is 12.8 Å². The topological polar surface area (TPSA) is 168 Å². The first-order valence-electron chi connectivity index (χ1n) is 11.7. The molecule has 0 saturated carbocycles. The van der Waals surface area contributed by atoms with Crippen molar-refractivity contribution in [3.8, 4) is 5.75 Å². The van der Waals surface area contributed by atoms with Gasteiger partial charge in [0, 0.05) is 6.42 Å². The van der Waals surface area contributed by atoms with Gasteiger partial charge in [-0.15, -0.1) is 11.8 Å². The number of hydrogen-bond acceptors (Lipinski definition) is 11. The van der Waals surface area contributed by atoms with Gasteiger partial charge in [0.1, 0.15) is 24.2 Å². The maximum absolute atomic E-state index is 13.7. The molecule has 1 aromatic heterocycles. The number of rotatable bonds is 12. The smallest absolute Gasteiger partial charge is 0.459 e. The summed E-state index contributed by atoms with van der Waals surface area (Å²) in [7, 11) is -4.08. The molecule has 3 rings (SSSR count). The van der Waals surface area contributed by atoms with Gasteiger partial charge in [0.15, 0.2) is 0 Å². The molecule has 1 fully saturated rings. The molecular weight excluding hydrogens is 509 g/mol. The third-order valence-corrected chi connectivity index (χ3v) is 8.71. The summed E-state index contributed by atoms with van der Waals surface area (Å²) in [5.74, 6) is -0.444. The molecule has 12 nitrogen and oxygen atoms in total. The molecule has 4 N–H and O–H groups in total. The van der Waals surface area contributed by atoms with Crippen molar-refractivity contribution in [1.29, 1.82) is 0 Å². The van der Waals surface area contributed by atoms with Crippen molar-refractivity contribution in [2.24, 2.45) is 0 Å². The highest BCUT2D eigenvalue weighted by Gasteiger charge is 2.39. The zero-order valence-corrected chi connectivity index (χ0v) is 22.1. The van der Waals surface area contributed by atoms with Gasteiger partial charge in [0.2, 0.25) is 5.95 Å². The van der Waals surface area contributed by atoms with E-state index < -0.39 is 42.2 Å². The lowest BCUT2D eigenvalue weighted by Crippen LogP contribution is -2.37. The molecule has 0 amide bonds. The van der Waals surface area contributed by atoms with Crippen LogP contribution in [0.1, 0.15) is 45.4 Å². The van der Waals surface area contributed by atoms with E-state index in [4.69, 9.17) is 19.5 Å². The van der Waals surface area contributed by atoms with Crippen LogP contribution in [0.4, 0.5) is 5.95 Å². The zero-order chi connectivity index (χ0) is 26.3. The third kappa shape index (κ3) is 7.53. The van der Waals surface area contributed by atoms with Crippen LogP contribution in [0.5, 0.6) is 5.75 Å². The number of hydrogen-bond donors (Lipinski definition) is 3. The predicted molar refractivity (Wildman–Crippen MR) is 135 cm³/mol. The molecule has 0 unspecified atom stereocenters. The van der Waals surface area contributed by atoms with Crippen LogP contribution < -0.4 is 21.0 Å². The van der Waals surface area contributed by atoms with Crippen LogP contribution in [0.15, 0.2) is 41.5 Å². The number of para-hydroxylation sites is 1. The van der Waals surface area contributed by atoms with Crippen LogP contribution in [0, 0.1) is 0 Å². The quantitative estimate of drug-likeness (QED) is 0.266. The van der Waals surface area contributed by atoms with Gasteiger partial charge >= 0.3 is 19.4 Å². The van der Waals surface area contributed by atoms with Crippen molar-refractivity contribution in [2.45, 2.75) is 68.9 Å². The van der Waals surface area contributed by atoms with Crippen molar-refractivity contribution in [3.63, 3.8) is 0 Å². The average Bonchev–Trinajstić information content (AvgIpc) is 3.21. The minimum atomic E-state index is -4.08. The van der Waals surface area contributed by atoms with E-state index in [2.05, 4.69) is 15.1 Å². The summed E-state index contributed by atoms with van der Waals surface area (Å²) < 4.78 is 31.8. The fourth-order valence-electron chi connectivity index (χ4n) is 3.48. The monoisotopic (exact) mass is 541 g/mol. The Bertz CT molecular complexity index is 1120. The highest BCUT2D eigenvalue weighted by molar-refractivity contribution is 8.00. The van der Waals surface area contributed by atoms with Gasteiger partial charge in [0.25, 0.3) is 0 Å². The van der Waals surface area contributed by atoms with Gasteiger partial charge in [-0.3, -0.25) is 13.9 Å². The summed E-state index contributed by atoms with van der Waals surface area (Å²) in [6.07, 6.45) is 1.69. The van der Waals surface area contributed by atoms with Gasteiger partial charge in [-0.1, -0.05) is 32.0 Å². The zero-order valence-electron chi connectivity index (χ0n) is 20.4. The minimum Gasteiger partial charge on any atom is -0.461 e. The summed E-state index contributed by atoms with van der Waals surface area (Å²) in [5.41, 5.74) is 4.86. The van der Waals surface area contributed by atoms with Crippen LogP contribution in [0.3, 0.4) is 0 Å². The number of nitrogen functional groups attached to an aromatic ring is 1. The standard InChI is InChI=1S/C22H32N5O7PS/c1-4-15(5-2)33-20(29)14(3)26-35(31,34-16-9-7-6-8-10-16)32-12-18-17(28)11-19(36-18)27-13-24-21(23)25-22(27)30/h6-10,13-15,17-19,28H,4-5,11-12H2,1-3H3,(H,26,31)(H2,23,25,30)/t14-,17+,18+,19+,35-/m0/s1. The first kappa shape index (κ1) is 28.1. The van der Waals surface area contributed by atoms with Gasteiger partial charge in [-0.2, -0.15) is 10.1 Å². The number of esters is 1. The second-order valence-corrected chi connectivity index (χ2v) is 11.4. The van der Waals surface area contributed by atoms with Crippen molar-refractivity contribution >= 4 is 31.4 Å².